The van der Waals surface area contributed by atoms with Crippen LogP contribution in [-0.4, -0.2) is 59.2 Å². The Bertz CT molecular complexity index is 1330. The van der Waals surface area contributed by atoms with Crippen molar-refractivity contribution in [2.24, 2.45) is 4.99 Å². The Hall–Kier alpha value is -3.22. The molecule has 3 aromatic rings. The van der Waals surface area contributed by atoms with Gasteiger partial charge in [0.2, 0.25) is 0 Å². The lowest BCUT2D eigenvalue weighted by molar-refractivity contribution is -0.0510. The summed E-state index contributed by atoms with van der Waals surface area (Å²) in [6.45, 7) is 3.45. The highest BCUT2D eigenvalue weighted by atomic mass is 32.2. The standard InChI is InChI=1S/C22H23N3O2.CHF3O3S/c1-14(26)16-7-8-19-18(13-16)20(22(27)25-19)21(15-5-3-2-4-6-15)24-17-9-11-23-12-10-17;2-1(3,4)8(5,6)7/h2-8,13,17,23,25,27H,9-12H2,1H3;(H,5,6,7). The van der Waals surface area contributed by atoms with Crippen molar-refractivity contribution in [3.8, 4) is 5.88 Å². The first-order chi connectivity index (χ1) is 16.4. The smallest absolute Gasteiger partial charge is 0.494 e. The number of nitrogens with one attached hydrogen (secondary N) is 2. The van der Waals surface area contributed by atoms with E-state index in [0.29, 0.717) is 11.1 Å². The molecule has 8 nitrogen and oxygen atoms in total. The van der Waals surface area contributed by atoms with Gasteiger partial charge in [0, 0.05) is 22.0 Å². The molecular weight excluding hydrogens is 487 g/mol. The van der Waals surface area contributed by atoms with Gasteiger partial charge in [-0.25, -0.2) is 0 Å². The number of fused-ring (bicyclic) bond motifs is 1. The lowest BCUT2D eigenvalue weighted by Crippen LogP contribution is -2.30. The Kier molecular flexibility index (Phi) is 7.98. The number of nitrogens with zero attached hydrogens (tertiary/aromatic N) is 1. The molecule has 4 rings (SSSR count). The van der Waals surface area contributed by atoms with Crippen LogP contribution in [0.2, 0.25) is 0 Å². The molecule has 188 valence electrons. The molecule has 35 heavy (non-hydrogen) atoms. The fourth-order valence-corrected chi connectivity index (χ4v) is 3.63. The molecule has 2 heterocycles. The summed E-state index contributed by atoms with van der Waals surface area (Å²) in [5.74, 6) is 0.0855. The van der Waals surface area contributed by atoms with Crippen LogP contribution in [0.25, 0.3) is 10.9 Å². The van der Waals surface area contributed by atoms with Crippen LogP contribution in [-0.2, 0) is 10.1 Å². The second-order valence-corrected chi connectivity index (χ2v) is 9.32. The molecule has 12 heteroatoms. The predicted octanol–water partition coefficient (Wildman–Crippen LogP) is 4.06. The SMILES string of the molecule is CC(=O)c1ccc2[nH]c(O)c(C(=NC3CCNCC3)c3ccccc3)c2c1.O=S(=O)(O)C(F)(F)F. The van der Waals surface area contributed by atoms with Gasteiger partial charge in [-0.3, -0.25) is 14.3 Å². The summed E-state index contributed by atoms with van der Waals surface area (Å²) in [5, 5.41) is 14.9. The van der Waals surface area contributed by atoms with Gasteiger partial charge in [0.25, 0.3) is 0 Å². The number of aliphatic imine (C=N–C) groups is 1. The number of H-pyrrole nitrogens is 1. The molecule has 0 aliphatic carbocycles. The van der Waals surface area contributed by atoms with E-state index in [0.717, 1.165) is 48.1 Å². The van der Waals surface area contributed by atoms with E-state index in [1.807, 2.05) is 42.5 Å². The second-order valence-electron chi connectivity index (χ2n) is 7.91. The van der Waals surface area contributed by atoms with E-state index in [-0.39, 0.29) is 17.7 Å². The zero-order chi connectivity index (χ0) is 25.8. The molecular formula is C23H24F3N3O5S. The van der Waals surface area contributed by atoms with Gasteiger partial charge in [-0.1, -0.05) is 30.3 Å². The molecule has 1 aliphatic rings. The van der Waals surface area contributed by atoms with Crippen molar-refractivity contribution >= 4 is 32.5 Å². The number of aromatic amines is 1. The molecule has 0 unspecified atom stereocenters. The van der Waals surface area contributed by atoms with Crippen LogP contribution in [0.5, 0.6) is 5.88 Å². The Morgan fingerprint density at radius 2 is 1.66 bits per heavy atom. The number of halogens is 3. The van der Waals surface area contributed by atoms with Gasteiger partial charge in [-0.05, 0) is 51.1 Å². The van der Waals surface area contributed by atoms with E-state index >= 15 is 0 Å². The number of aromatic hydroxyl groups is 1. The maximum absolute atomic E-state index is 11.9. The molecule has 2 aromatic carbocycles. The van der Waals surface area contributed by atoms with Crippen LogP contribution in [0.4, 0.5) is 13.2 Å². The predicted molar refractivity (Wildman–Crippen MR) is 126 cm³/mol. The lowest BCUT2D eigenvalue weighted by Gasteiger charge is -2.20. The minimum atomic E-state index is -5.84. The maximum atomic E-state index is 11.9. The lowest BCUT2D eigenvalue weighted by atomic mass is 9.98. The Morgan fingerprint density at radius 3 is 2.20 bits per heavy atom. The summed E-state index contributed by atoms with van der Waals surface area (Å²) in [4.78, 5) is 19.9. The Labute approximate surface area is 199 Å². The van der Waals surface area contributed by atoms with Crippen molar-refractivity contribution in [1.82, 2.24) is 10.3 Å². The van der Waals surface area contributed by atoms with Gasteiger partial charge < -0.3 is 15.4 Å². The van der Waals surface area contributed by atoms with Gasteiger partial charge in [0.05, 0.1) is 17.3 Å². The number of hydrogen-bond donors (Lipinski definition) is 4. The average Bonchev–Trinajstić information content (AvgIpc) is 3.12. The average molecular weight is 512 g/mol. The number of hydrogen-bond acceptors (Lipinski definition) is 6. The third-order valence-electron chi connectivity index (χ3n) is 5.38. The van der Waals surface area contributed by atoms with Crippen molar-refractivity contribution in [3.05, 3.63) is 65.2 Å². The quantitative estimate of drug-likeness (QED) is 0.181. The molecule has 0 radical (unpaired) electrons. The van der Waals surface area contributed by atoms with Crippen LogP contribution in [0.3, 0.4) is 0 Å². The maximum Gasteiger partial charge on any atom is 0.522 e. The molecule has 0 saturated carbocycles. The van der Waals surface area contributed by atoms with E-state index in [2.05, 4.69) is 10.3 Å². The van der Waals surface area contributed by atoms with E-state index in [4.69, 9.17) is 18.0 Å². The van der Waals surface area contributed by atoms with E-state index in [1.165, 1.54) is 0 Å². The molecule has 0 atom stereocenters. The van der Waals surface area contributed by atoms with Crippen LogP contribution < -0.4 is 5.32 Å². The number of piperidine rings is 1. The number of aromatic nitrogens is 1. The van der Waals surface area contributed by atoms with Crippen LogP contribution >= 0.6 is 0 Å². The number of ketones is 1. The molecule has 4 N–H and O–H groups in total. The van der Waals surface area contributed by atoms with E-state index < -0.39 is 15.6 Å². The van der Waals surface area contributed by atoms with Gasteiger partial charge in [0.1, 0.15) is 0 Å². The first-order valence-corrected chi connectivity index (χ1v) is 12.1. The first-order valence-electron chi connectivity index (χ1n) is 10.6. The fourth-order valence-electron chi connectivity index (χ4n) is 3.63. The van der Waals surface area contributed by atoms with Crippen LogP contribution in [0.15, 0.2) is 53.5 Å². The van der Waals surface area contributed by atoms with Gasteiger partial charge in [0.15, 0.2) is 11.7 Å². The largest absolute Gasteiger partial charge is 0.522 e. The molecule has 1 fully saturated rings. The minimum Gasteiger partial charge on any atom is -0.494 e. The van der Waals surface area contributed by atoms with Gasteiger partial charge in [-0.15, -0.1) is 0 Å². The number of benzene rings is 2. The van der Waals surface area contributed by atoms with E-state index in [9.17, 15) is 23.1 Å². The van der Waals surface area contributed by atoms with Crippen molar-refractivity contribution in [1.29, 1.82) is 0 Å². The molecule has 1 saturated heterocycles. The molecule has 1 aliphatic heterocycles. The molecule has 1 aromatic heterocycles. The third kappa shape index (κ3) is 6.47. The molecule has 0 spiro atoms. The second kappa shape index (κ2) is 10.6. The van der Waals surface area contributed by atoms with Crippen LogP contribution in [0.1, 0.15) is 41.3 Å². The zero-order valence-electron chi connectivity index (χ0n) is 18.6. The third-order valence-corrected chi connectivity index (χ3v) is 5.97. The van der Waals surface area contributed by atoms with Crippen LogP contribution in [0, 0.1) is 0 Å². The number of alkyl halides is 3. The monoisotopic (exact) mass is 511 g/mol. The normalized spacial score (nSPS) is 15.5. The summed E-state index contributed by atoms with van der Waals surface area (Å²) < 4.78 is 57.5. The number of carbonyl (C=O) groups excluding carboxylic acids is 1. The summed E-state index contributed by atoms with van der Waals surface area (Å²) in [6.07, 6.45) is 1.94. The summed E-state index contributed by atoms with van der Waals surface area (Å²) in [5.41, 5.74) is -1.73. The van der Waals surface area contributed by atoms with Gasteiger partial charge >= 0.3 is 15.6 Å². The van der Waals surface area contributed by atoms with Crippen molar-refractivity contribution < 1.29 is 36.0 Å². The Morgan fingerprint density at radius 1 is 1.06 bits per heavy atom. The summed E-state index contributed by atoms with van der Waals surface area (Å²) in [7, 11) is -5.84. The topological polar surface area (TPSA) is 132 Å². The highest BCUT2D eigenvalue weighted by molar-refractivity contribution is 7.86. The number of rotatable bonds is 4. The summed E-state index contributed by atoms with van der Waals surface area (Å²) in [6, 6.07) is 15.6. The summed E-state index contributed by atoms with van der Waals surface area (Å²) >= 11 is 0. The minimum absolute atomic E-state index is 0.0000876. The Balaban J connectivity index is 0.000000371. The van der Waals surface area contributed by atoms with Crippen molar-refractivity contribution in [3.63, 3.8) is 0 Å². The van der Waals surface area contributed by atoms with Crippen molar-refractivity contribution in [2.75, 3.05) is 13.1 Å². The fraction of sp³-hybridized carbons (Fsp3) is 0.304. The number of carbonyl (C=O) groups is 1. The molecule has 0 bridgehead atoms. The van der Waals surface area contributed by atoms with Gasteiger partial charge in [-0.2, -0.15) is 21.6 Å². The number of Topliss-reactive ketones (excluding diaryl/α,β-unsaturated/α-hetero) is 1. The molecule has 0 amide bonds. The highest BCUT2D eigenvalue weighted by Crippen LogP contribution is 2.31. The van der Waals surface area contributed by atoms with E-state index in [1.54, 1.807) is 13.0 Å². The highest BCUT2D eigenvalue weighted by Gasteiger charge is 2.44. The first kappa shape index (κ1) is 26.4. The van der Waals surface area contributed by atoms with Crippen molar-refractivity contribution in [2.45, 2.75) is 31.3 Å². The zero-order valence-corrected chi connectivity index (χ0v) is 19.4.